The number of hydrogen-bond acceptors (Lipinski definition) is 5. The minimum absolute atomic E-state index is 0.0329. The summed E-state index contributed by atoms with van der Waals surface area (Å²) in [7, 11) is 0. The number of aromatic nitrogens is 2. The lowest BCUT2D eigenvalue weighted by atomic mass is 9.48. The molecule has 4 aliphatic carbocycles. The number of nitrogens with one attached hydrogen (secondary N) is 1. The summed E-state index contributed by atoms with van der Waals surface area (Å²) >= 11 is 6.45. The molecular weight excluding hydrogens is 434 g/mol. The highest BCUT2D eigenvalue weighted by atomic mass is 35.5. The second-order valence-corrected chi connectivity index (χ2v) is 9.89. The van der Waals surface area contributed by atoms with Crippen LogP contribution in [-0.2, 0) is 21.5 Å². The van der Waals surface area contributed by atoms with Crippen LogP contribution in [0.3, 0.4) is 0 Å². The number of benzene rings is 1. The topological polar surface area (TPSA) is 122 Å². The highest BCUT2D eigenvalue weighted by molar-refractivity contribution is 6.33. The molecule has 4 bridgehead atoms. The predicted molar refractivity (Wildman–Crippen MR) is 117 cm³/mol. The maximum absolute atomic E-state index is 13.3. The zero-order chi connectivity index (χ0) is 22.6. The summed E-state index contributed by atoms with van der Waals surface area (Å²) in [5.41, 5.74) is 0.323. The van der Waals surface area contributed by atoms with Crippen molar-refractivity contribution in [2.75, 3.05) is 5.32 Å². The van der Waals surface area contributed by atoms with E-state index in [4.69, 9.17) is 16.7 Å². The molecule has 0 radical (unpaired) electrons. The summed E-state index contributed by atoms with van der Waals surface area (Å²) in [6.45, 7) is 0. The van der Waals surface area contributed by atoms with E-state index >= 15 is 0 Å². The first kappa shape index (κ1) is 21.0. The molecule has 0 saturated heterocycles. The van der Waals surface area contributed by atoms with E-state index in [1.807, 2.05) is 0 Å². The van der Waals surface area contributed by atoms with Crippen LogP contribution in [-0.4, -0.2) is 31.9 Å². The Morgan fingerprint density at radius 2 is 1.78 bits per heavy atom. The highest BCUT2D eigenvalue weighted by Gasteiger charge is 2.61. The van der Waals surface area contributed by atoms with Crippen molar-refractivity contribution in [3.63, 3.8) is 0 Å². The summed E-state index contributed by atoms with van der Waals surface area (Å²) < 4.78 is 1.36. The van der Waals surface area contributed by atoms with Crippen LogP contribution in [0.1, 0.15) is 37.7 Å². The van der Waals surface area contributed by atoms with Gasteiger partial charge in [0, 0.05) is 5.69 Å². The summed E-state index contributed by atoms with van der Waals surface area (Å²) in [4.78, 5) is 36.4. The Morgan fingerprint density at radius 3 is 2.38 bits per heavy atom. The molecule has 4 saturated carbocycles. The fourth-order valence-corrected chi connectivity index (χ4v) is 6.78. The molecule has 32 heavy (non-hydrogen) atoms. The van der Waals surface area contributed by atoms with Gasteiger partial charge in [-0.3, -0.25) is 14.4 Å². The first-order valence-electron chi connectivity index (χ1n) is 10.9. The standard InChI is InChI=1S/C23H24ClN3O5/c24-20-17(26-16-3-1-12(2-4-16)8-18(28)29)11-25-27(21(20)30)23-9-13-5-14(10-23)7-15(6-13)19(23)22(31)32/h1-4,11,13-15,19,26H,5-10H2,(H,28,29)(H,31,32)/t13-,14-,15?,19+,23?/m0/s1. The van der Waals surface area contributed by atoms with Crippen molar-refractivity contribution >= 4 is 34.9 Å². The maximum atomic E-state index is 13.3. The lowest BCUT2D eigenvalue weighted by Gasteiger charge is -2.59. The molecule has 0 aliphatic heterocycles. The molecule has 168 valence electrons. The number of nitrogens with zero attached hydrogens (tertiary/aromatic N) is 2. The maximum Gasteiger partial charge on any atom is 0.309 e. The molecule has 6 rings (SSSR count). The van der Waals surface area contributed by atoms with Crippen LogP contribution in [0.4, 0.5) is 11.4 Å². The Hall–Kier alpha value is -2.87. The molecule has 3 atom stereocenters. The SMILES string of the molecule is O=C(O)Cc1ccc(Nc2cnn(C34C[C@@H]5CC(C[C@H](C5)C3)[C@@H]4C(=O)O)c(=O)c2Cl)cc1. The predicted octanol–water partition coefficient (Wildman–Crippen LogP) is 3.50. The Morgan fingerprint density at radius 1 is 1.12 bits per heavy atom. The van der Waals surface area contributed by atoms with Gasteiger partial charge in [0.25, 0.3) is 5.56 Å². The minimum Gasteiger partial charge on any atom is -0.481 e. The molecule has 9 heteroatoms. The number of carboxylic acid groups (broad SMARTS) is 2. The van der Waals surface area contributed by atoms with Gasteiger partial charge in [0.15, 0.2) is 0 Å². The largest absolute Gasteiger partial charge is 0.481 e. The van der Waals surface area contributed by atoms with Gasteiger partial charge in [0.1, 0.15) is 5.02 Å². The summed E-state index contributed by atoms with van der Waals surface area (Å²) in [5, 5.41) is 26.4. The lowest BCUT2D eigenvalue weighted by Crippen LogP contribution is -2.63. The second-order valence-electron chi connectivity index (χ2n) is 9.51. The summed E-state index contributed by atoms with van der Waals surface area (Å²) in [6, 6.07) is 6.79. The van der Waals surface area contributed by atoms with Crippen LogP contribution >= 0.6 is 11.6 Å². The van der Waals surface area contributed by atoms with Crippen LogP contribution in [0.25, 0.3) is 0 Å². The number of carboxylic acids is 2. The zero-order valence-electron chi connectivity index (χ0n) is 17.3. The van der Waals surface area contributed by atoms with Gasteiger partial charge in [-0.05, 0) is 67.6 Å². The van der Waals surface area contributed by atoms with Gasteiger partial charge in [0.2, 0.25) is 0 Å². The molecule has 0 spiro atoms. The van der Waals surface area contributed by atoms with Crippen LogP contribution in [0.15, 0.2) is 35.3 Å². The van der Waals surface area contributed by atoms with E-state index in [-0.39, 0.29) is 17.4 Å². The van der Waals surface area contributed by atoms with Crippen molar-refractivity contribution in [1.29, 1.82) is 0 Å². The molecule has 2 aromatic rings. The molecule has 4 aliphatic rings. The van der Waals surface area contributed by atoms with Crippen molar-refractivity contribution in [2.24, 2.45) is 23.7 Å². The summed E-state index contributed by atoms with van der Waals surface area (Å²) in [5.74, 6) is -1.46. The van der Waals surface area contributed by atoms with E-state index in [1.165, 1.54) is 10.9 Å². The quantitative estimate of drug-likeness (QED) is 0.606. The monoisotopic (exact) mass is 457 g/mol. The Bertz CT molecular complexity index is 1130. The van der Waals surface area contributed by atoms with E-state index in [0.717, 1.165) is 19.3 Å². The molecule has 1 heterocycles. The van der Waals surface area contributed by atoms with E-state index in [9.17, 15) is 19.5 Å². The molecule has 3 N–H and O–H groups in total. The fraction of sp³-hybridized carbons (Fsp3) is 0.478. The Kier molecular flexibility index (Phi) is 5.00. The molecule has 1 aromatic heterocycles. The van der Waals surface area contributed by atoms with Crippen molar-refractivity contribution in [3.05, 3.63) is 51.4 Å². The van der Waals surface area contributed by atoms with E-state index in [0.29, 0.717) is 41.6 Å². The minimum atomic E-state index is -0.911. The first-order valence-corrected chi connectivity index (χ1v) is 11.2. The number of halogens is 1. The van der Waals surface area contributed by atoms with Gasteiger partial charge in [-0.15, -0.1) is 0 Å². The van der Waals surface area contributed by atoms with Crippen LogP contribution in [0.2, 0.25) is 5.02 Å². The average molecular weight is 458 g/mol. The van der Waals surface area contributed by atoms with Crippen molar-refractivity contribution in [1.82, 2.24) is 9.78 Å². The van der Waals surface area contributed by atoms with Crippen molar-refractivity contribution in [3.8, 4) is 0 Å². The third kappa shape index (κ3) is 3.37. The molecule has 0 unspecified atom stereocenters. The van der Waals surface area contributed by atoms with Gasteiger partial charge in [-0.1, -0.05) is 23.7 Å². The van der Waals surface area contributed by atoms with Gasteiger partial charge in [0.05, 0.1) is 29.8 Å². The van der Waals surface area contributed by atoms with Crippen LogP contribution < -0.4 is 10.9 Å². The molecule has 0 amide bonds. The number of rotatable bonds is 6. The molecular formula is C23H24ClN3O5. The van der Waals surface area contributed by atoms with E-state index in [2.05, 4.69) is 10.4 Å². The molecule has 8 nitrogen and oxygen atoms in total. The first-order chi connectivity index (χ1) is 15.3. The van der Waals surface area contributed by atoms with Crippen LogP contribution in [0.5, 0.6) is 0 Å². The lowest BCUT2D eigenvalue weighted by molar-refractivity contribution is -0.168. The van der Waals surface area contributed by atoms with Gasteiger partial charge < -0.3 is 15.5 Å². The third-order valence-corrected chi connectivity index (χ3v) is 7.83. The normalized spacial score (nSPS) is 30.3. The number of carbonyl (C=O) groups is 2. The number of aliphatic carboxylic acids is 2. The average Bonchev–Trinajstić information content (AvgIpc) is 2.71. The molecule has 1 aromatic carbocycles. The second kappa shape index (κ2) is 7.62. The van der Waals surface area contributed by atoms with E-state index < -0.39 is 29.0 Å². The number of anilines is 2. The Labute approximate surface area is 189 Å². The van der Waals surface area contributed by atoms with E-state index in [1.54, 1.807) is 24.3 Å². The Balaban J connectivity index is 1.47. The fourth-order valence-electron chi connectivity index (χ4n) is 6.61. The zero-order valence-corrected chi connectivity index (χ0v) is 18.1. The highest BCUT2D eigenvalue weighted by Crippen LogP contribution is 2.61. The third-order valence-electron chi connectivity index (χ3n) is 7.47. The van der Waals surface area contributed by atoms with Crippen LogP contribution in [0, 0.1) is 23.7 Å². The van der Waals surface area contributed by atoms with Gasteiger partial charge in [-0.2, -0.15) is 5.10 Å². The van der Waals surface area contributed by atoms with Crippen molar-refractivity contribution < 1.29 is 19.8 Å². The van der Waals surface area contributed by atoms with Gasteiger partial charge in [-0.25, -0.2) is 4.68 Å². The number of hydrogen-bond donors (Lipinski definition) is 3. The molecule has 4 fully saturated rings. The van der Waals surface area contributed by atoms with Crippen molar-refractivity contribution in [2.45, 2.75) is 44.1 Å². The smallest absolute Gasteiger partial charge is 0.309 e. The summed E-state index contributed by atoms with van der Waals surface area (Å²) in [6.07, 6.45) is 5.63. The van der Waals surface area contributed by atoms with Gasteiger partial charge >= 0.3 is 11.9 Å².